The molecule has 7 heteroatoms. The maximum Gasteiger partial charge on any atom is 0.243 e. The Hall–Kier alpha value is -1.93. The Bertz CT molecular complexity index is 832. The van der Waals surface area contributed by atoms with Crippen LogP contribution in [0, 0.1) is 0 Å². The Labute approximate surface area is 167 Å². The van der Waals surface area contributed by atoms with Gasteiger partial charge in [0.15, 0.2) is 0 Å². The number of β-amino-alcohol motifs (C(OH)–C–C–N with tert-alkyl or cyclic N) is 1. The number of ether oxygens (including phenoxy) is 1. The molecular weight excluding hydrogens is 376 g/mol. The molecule has 0 radical (unpaired) electrons. The smallest absolute Gasteiger partial charge is 0.243 e. The van der Waals surface area contributed by atoms with Gasteiger partial charge < -0.3 is 9.84 Å². The predicted octanol–water partition coefficient (Wildman–Crippen LogP) is 2.00. The van der Waals surface area contributed by atoms with E-state index < -0.39 is 16.1 Å². The van der Waals surface area contributed by atoms with Crippen LogP contribution in [0.25, 0.3) is 0 Å². The molecule has 3 rings (SSSR count). The van der Waals surface area contributed by atoms with Crippen molar-refractivity contribution in [3.63, 3.8) is 0 Å². The highest BCUT2D eigenvalue weighted by Crippen LogP contribution is 2.17. The highest BCUT2D eigenvalue weighted by atomic mass is 32.2. The summed E-state index contributed by atoms with van der Waals surface area (Å²) in [4.78, 5) is 2.40. The van der Waals surface area contributed by atoms with Crippen LogP contribution in [-0.2, 0) is 16.4 Å². The maximum absolute atomic E-state index is 12.7. The van der Waals surface area contributed by atoms with E-state index in [0.717, 1.165) is 12.2 Å². The number of piperazine rings is 1. The maximum atomic E-state index is 12.7. The number of aliphatic hydroxyl groups is 1. The molecule has 0 saturated carbocycles. The Morgan fingerprint density at radius 2 is 1.64 bits per heavy atom. The van der Waals surface area contributed by atoms with Crippen LogP contribution in [-0.4, -0.2) is 68.2 Å². The van der Waals surface area contributed by atoms with E-state index in [2.05, 4.69) is 11.8 Å². The Kier molecular flexibility index (Phi) is 7.07. The molecule has 1 aliphatic heterocycles. The van der Waals surface area contributed by atoms with Gasteiger partial charge in [-0.1, -0.05) is 37.3 Å². The first-order chi connectivity index (χ1) is 13.5. The molecule has 0 amide bonds. The fraction of sp³-hybridized carbons (Fsp3) is 0.429. The van der Waals surface area contributed by atoms with Gasteiger partial charge in [-0.3, -0.25) is 4.90 Å². The molecule has 28 heavy (non-hydrogen) atoms. The van der Waals surface area contributed by atoms with E-state index >= 15 is 0 Å². The molecular formula is C21H28N2O4S. The van der Waals surface area contributed by atoms with Crippen molar-refractivity contribution in [2.24, 2.45) is 0 Å². The largest absolute Gasteiger partial charge is 0.491 e. The summed E-state index contributed by atoms with van der Waals surface area (Å²) in [7, 11) is -3.45. The molecule has 0 aromatic heterocycles. The van der Waals surface area contributed by atoms with Gasteiger partial charge in [-0.2, -0.15) is 4.31 Å². The molecule has 2 aromatic carbocycles. The van der Waals surface area contributed by atoms with Crippen LogP contribution in [0.2, 0.25) is 0 Å². The summed E-state index contributed by atoms with van der Waals surface area (Å²) < 4.78 is 32.5. The Morgan fingerprint density at radius 3 is 2.25 bits per heavy atom. The van der Waals surface area contributed by atoms with Crippen molar-refractivity contribution in [2.75, 3.05) is 39.3 Å². The first-order valence-corrected chi connectivity index (χ1v) is 11.1. The lowest BCUT2D eigenvalue weighted by molar-refractivity contribution is 0.0569. The average molecular weight is 405 g/mol. The molecule has 0 aliphatic carbocycles. The summed E-state index contributed by atoms with van der Waals surface area (Å²) >= 11 is 0. The minimum atomic E-state index is -3.45. The number of rotatable bonds is 8. The molecule has 0 bridgehead atoms. The first kappa shape index (κ1) is 20.8. The van der Waals surface area contributed by atoms with E-state index in [9.17, 15) is 13.5 Å². The van der Waals surface area contributed by atoms with Crippen LogP contribution in [0.15, 0.2) is 59.5 Å². The number of aliphatic hydroxyl groups excluding tert-OH is 1. The quantitative estimate of drug-likeness (QED) is 0.729. The molecule has 1 aliphatic rings. The Morgan fingerprint density at radius 1 is 1.00 bits per heavy atom. The van der Waals surface area contributed by atoms with Gasteiger partial charge in [-0.15, -0.1) is 0 Å². The van der Waals surface area contributed by atoms with Gasteiger partial charge in [-0.25, -0.2) is 8.42 Å². The third-order valence-corrected chi connectivity index (χ3v) is 6.87. The number of sulfonamides is 1. The molecule has 1 fully saturated rings. The third kappa shape index (κ3) is 5.32. The summed E-state index contributed by atoms with van der Waals surface area (Å²) in [5, 5.41) is 10.3. The molecule has 152 valence electrons. The summed E-state index contributed by atoms with van der Waals surface area (Å²) in [5.41, 5.74) is 1.25. The van der Waals surface area contributed by atoms with Crippen LogP contribution >= 0.6 is 0 Å². The normalized spacial score (nSPS) is 17.4. The molecule has 1 saturated heterocycles. The molecule has 6 nitrogen and oxygen atoms in total. The van der Waals surface area contributed by atoms with Crippen molar-refractivity contribution in [1.29, 1.82) is 0 Å². The van der Waals surface area contributed by atoms with Crippen LogP contribution < -0.4 is 4.74 Å². The zero-order valence-electron chi connectivity index (χ0n) is 16.2. The minimum Gasteiger partial charge on any atom is -0.491 e. The molecule has 0 spiro atoms. The number of hydrogen-bond donors (Lipinski definition) is 1. The SMILES string of the molecule is CCc1ccc(OCC(O)CN2CCN(S(=O)(=O)c3ccccc3)CC2)cc1. The van der Waals surface area contributed by atoms with Crippen LogP contribution in [0.3, 0.4) is 0 Å². The van der Waals surface area contributed by atoms with E-state index in [0.29, 0.717) is 37.6 Å². The second kappa shape index (κ2) is 9.52. The molecule has 1 heterocycles. The lowest BCUT2D eigenvalue weighted by atomic mass is 10.2. The lowest BCUT2D eigenvalue weighted by Crippen LogP contribution is -2.50. The van der Waals surface area contributed by atoms with E-state index in [1.54, 1.807) is 30.3 Å². The molecule has 1 unspecified atom stereocenters. The zero-order chi connectivity index (χ0) is 20.0. The van der Waals surface area contributed by atoms with Crippen molar-refractivity contribution in [3.05, 3.63) is 60.2 Å². The van der Waals surface area contributed by atoms with Gasteiger partial charge in [0, 0.05) is 32.7 Å². The number of hydrogen-bond acceptors (Lipinski definition) is 5. The van der Waals surface area contributed by atoms with Crippen LogP contribution in [0.4, 0.5) is 0 Å². The number of benzene rings is 2. The molecule has 1 atom stereocenters. The van der Waals surface area contributed by atoms with Crippen LogP contribution in [0.1, 0.15) is 12.5 Å². The standard InChI is InChI=1S/C21H28N2O4S/c1-2-18-8-10-20(11-9-18)27-17-19(24)16-22-12-14-23(15-13-22)28(25,26)21-6-4-3-5-7-21/h3-11,19,24H,2,12-17H2,1H3. The monoisotopic (exact) mass is 404 g/mol. The second-order valence-electron chi connectivity index (χ2n) is 6.98. The van der Waals surface area contributed by atoms with Gasteiger partial charge in [0.05, 0.1) is 4.90 Å². The summed E-state index contributed by atoms with van der Waals surface area (Å²) in [5.74, 6) is 0.745. The van der Waals surface area contributed by atoms with E-state index in [-0.39, 0.29) is 6.61 Å². The minimum absolute atomic E-state index is 0.216. The summed E-state index contributed by atoms with van der Waals surface area (Å²) in [6.45, 7) is 4.81. The highest BCUT2D eigenvalue weighted by molar-refractivity contribution is 7.89. The number of nitrogens with zero attached hydrogens (tertiary/aromatic N) is 2. The summed E-state index contributed by atoms with van der Waals surface area (Å²) in [6, 6.07) is 16.4. The van der Waals surface area contributed by atoms with Gasteiger partial charge in [0.1, 0.15) is 18.5 Å². The zero-order valence-corrected chi connectivity index (χ0v) is 17.0. The fourth-order valence-corrected chi connectivity index (χ4v) is 4.70. The van der Waals surface area contributed by atoms with Gasteiger partial charge in [0.2, 0.25) is 10.0 Å². The van der Waals surface area contributed by atoms with Gasteiger partial charge in [-0.05, 0) is 36.2 Å². The van der Waals surface area contributed by atoms with Crippen molar-refractivity contribution in [1.82, 2.24) is 9.21 Å². The average Bonchev–Trinajstić information content (AvgIpc) is 2.73. The summed E-state index contributed by atoms with van der Waals surface area (Å²) in [6.07, 6.45) is 0.359. The van der Waals surface area contributed by atoms with E-state index in [1.165, 1.54) is 9.87 Å². The van der Waals surface area contributed by atoms with Crippen molar-refractivity contribution >= 4 is 10.0 Å². The van der Waals surface area contributed by atoms with E-state index in [1.807, 2.05) is 24.3 Å². The van der Waals surface area contributed by atoms with Crippen molar-refractivity contribution < 1.29 is 18.3 Å². The second-order valence-corrected chi connectivity index (χ2v) is 8.92. The lowest BCUT2D eigenvalue weighted by Gasteiger charge is -2.34. The topological polar surface area (TPSA) is 70.1 Å². The highest BCUT2D eigenvalue weighted by Gasteiger charge is 2.28. The van der Waals surface area contributed by atoms with Gasteiger partial charge >= 0.3 is 0 Å². The van der Waals surface area contributed by atoms with Crippen molar-refractivity contribution in [2.45, 2.75) is 24.3 Å². The third-order valence-electron chi connectivity index (χ3n) is 4.96. The molecule has 1 N–H and O–H groups in total. The number of aryl methyl sites for hydroxylation is 1. The van der Waals surface area contributed by atoms with Crippen LogP contribution in [0.5, 0.6) is 5.75 Å². The van der Waals surface area contributed by atoms with Crippen molar-refractivity contribution in [3.8, 4) is 5.75 Å². The first-order valence-electron chi connectivity index (χ1n) is 9.66. The van der Waals surface area contributed by atoms with E-state index in [4.69, 9.17) is 4.74 Å². The Balaban J connectivity index is 1.44. The molecule has 2 aromatic rings. The predicted molar refractivity (Wildman–Crippen MR) is 109 cm³/mol. The fourth-order valence-electron chi connectivity index (χ4n) is 3.26. The van der Waals surface area contributed by atoms with Gasteiger partial charge in [0.25, 0.3) is 0 Å².